The molecule has 1 fully saturated rings. The average Bonchev–Trinajstić information content (AvgIpc) is 2.33. The van der Waals surface area contributed by atoms with Crippen LogP contribution in [0.2, 0.25) is 0 Å². The third-order valence-electron chi connectivity index (χ3n) is 3.72. The SMILES string of the molecule is O=C1CCCCC1(Cc1ccccc1)C[N+](=O)[O-]. The van der Waals surface area contributed by atoms with Crippen LogP contribution in [0.4, 0.5) is 0 Å². The molecule has 18 heavy (non-hydrogen) atoms. The molecule has 0 N–H and O–H groups in total. The van der Waals surface area contributed by atoms with Crippen molar-refractivity contribution in [2.75, 3.05) is 6.54 Å². The van der Waals surface area contributed by atoms with E-state index >= 15 is 0 Å². The monoisotopic (exact) mass is 247 g/mol. The third-order valence-corrected chi connectivity index (χ3v) is 3.72. The summed E-state index contributed by atoms with van der Waals surface area (Å²) in [6, 6.07) is 9.59. The van der Waals surface area contributed by atoms with Crippen LogP contribution in [0.15, 0.2) is 30.3 Å². The smallest absolute Gasteiger partial charge is 0.216 e. The number of rotatable bonds is 4. The van der Waals surface area contributed by atoms with Gasteiger partial charge in [-0.3, -0.25) is 14.9 Å². The van der Waals surface area contributed by atoms with Crippen molar-refractivity contribution >= 4 is 5.78 Å². The van der Waals surface area contributed by atoms with E-state index in [0.29, 0.717) is 19.3 Å². The average molecular weight is 247 g/mol. The zero-order chi connectivity index (χ0) is 13.0. The first-order chi connectivity index (χ1) is 8.62. The number of benzene rings is 1. The molecule has 1 unspecified atom stereocenters. The summed E-state index contributed by atoms with van der Waals surface area (Å²) in [7, 11) is 0. The fraction of sp³-hybridized carbons (Fsp3) is 0.500. The number of hydrogen-bond acceptors (Lipinski definition) is 3. The summed E-state index contributed by atoms with van der Waals surface area (Å²) in [6.45, 7) is -0.235. The number of Topliss-reactive ketones (excluding diaryl/α,β-unsaturated/α-hetero) is 1. The van der Waals surface area contributed by atoms with E-state index < -0.39 is 5.41 Å². The van der Waals surface area contributed by atoms with Crippen LogP contribution >= 0.6 is 0 Å². The second-order valence-electron chi connectivity index (χ2n) is 5.06. The number of nitro groups is 1. The zero-order valence-electron chi connectivity index (χ0n) is 10.3. The molecular formula is C14H17NO3. The highest BCUT2D eigenvalue weighted by Gasteiger charge is 2.44. The molecule has 0 saturated heterocycles. The van der Waals surface area contributed by atoms with E-state index in [9.17, 15) is 14.9 Å². The molecule has 0 bridgehead atoms. The Morgan fingerprint density at radius 3 is 2.56 bits per heavy atom. The minimum absolute atomic E-state index is 0.0642. The van der Waals surface area contributed by atoms with Crippen LogP contribution in [-0.2, 0) is 11.2 Å². The lowest BCUT2D eigenvalue weighted by molar-refractivity contribution is -0.494. The van der Waals surface area contributed by atoms with Crippen molar-refractivity contribution in [1.82, 2.24) is 0 Å². The standard InChI is InChI=1S/C14H17NO3/c16-13-8-4-5-9-14(13,11-15(17)18)10-12-6-2-1-3-7-12/h1-3,6-7H,4-5,8-11H2. The van der Waals surface area contributed by atoms with Crippen molar-refractivity contribution in [1.29, 1.82) is 0 Å². The van der Waals surface area contributed by atoms with Crippen molar-refractivity contribution in [3.05, 3.63) is 46.0 Å². The molecular weight excluding hydrogens is 230 g/mol. The van der Waals surface area contributed by atoms with Gasteiger partial charge in [-0.25, -0.2) is 0 Å². The highest BCUT2D eigenvalue weighted by atomic mass is 16.6. The second-order valence-corrected chi connectivity index (χ2v) is 5.06. The van der Waals surface area contributed by atoms with Crippen molar-refractivity contribution in [3.63, 3.8) is 0 Å². The molecule has 1 saturated carbocycles. The maximum atomic E-state index is 12.2. The van der Waals surface area contributed by atoms with Gasteiger partial charge >= 0.3 is 0 Å². The van der Waals surface area contributed by atoms with Gasteiger partial charge in [-0.05, 0) is 24.8 Å². The van der Waals surface area contributed by atoms with E-state index in [2.05, 4.69) is 0 Å². The molecule has 0 amide bonds. The predicted octanol–water partition coefficient (Wildman–Crippen LogP) is 2.64. The van der Waals surface area contributed by atoms with E-state index in [-0.39, 0.29) is 17.3 Å². The first kappa shape index (κ1) is 12.7. The van der Waals surface area contributed by atoms with Gasteiger partial charge in [-0.2, -0.15) is 0 Å². The molecule has 1 atom stereocenters. The van der Waals surface area contributed by atoms with Gasteiger partial charge < -0.3 is 0 Å². The van der Waals surface area contributed by atoms with Crippen LogP contribution in [-0.4, -0.2) is 17.3 Å². The maximum Gasteiger partial charge on any atom is 0.216 e. The predicted molar refractivity (Wildman–Crippen MR) is 67.9 cm³/mol. The van der Waals surface area contributed by atoms with Crippen LogP contribution in [0.3, 0.4) is 0 Å². The van der Waals surface area contributed by atoms with Crippen LogP contribution in [0.1, 0.15) is 31.2 Å². The summed E-state index contributed by atoms with van der Waals surface area (Å²) < 4.78 is 0. The lowest BCUT2D eigenvalue weighted by atomic mass is 9.69. The minimum Gasteiger partial charge on any atom is -0.299 e. The fourth-order valence-electron chi connectivity index (χ4n) is 2.80. The molecule has 96 valence electrons. The Bertz CT molecular complexity index is 444. The molecule has 0 spiro atoms. The van der Waals surface area contributed by atoms with Crippen molar-refractivity contribution < 1.29 is 9.72 Å². The number of carbonyl (C=O) groups excluding carboxylic acids is 1. The van der Waals surface area contributed by atoms with Gasteiger partial charge in [0.05, 0.1) is 5.41 Å². The first-order valence-electron chi connectivity index (χ1n) is 6.31. The second kappa shape index (κ2) is 5.29. The van der Waals surface area contributed by atoms with Gasteiger partial charge in [-0.1, -0.05) is 36.8 Å². The van der Waals surface area contributed by atoms with E-state index in [1.165, 1.54) is 0 Å². The Hall–Kier alpha value is -1.71. The highest BCUT2D eigenvalue weighted by molar-refractivity contribution is 5.86. The van der Waals surface area contributed by atoms with Gasteiger partial charge in [0.1, 0.15) is 5.78 Å². The molecule has 4 nitrogen and oxygen atoms in total. The topological polar surface area (TPSA) is 60.2 Å². The lowest BCUT2D eigenvalue weighted by Gasteiger charge is -2.32. The molecule has 0 aromatic heterocycles. The Morgan fingerprint density at radius 2 is 1.94 bits per heavy atom. The van der Waals surface area contributed by atoms with Crippen LogP contribution in [0.5, 0.6) is 0 Å². The highest BCUT2D eigenvalue weighted by Crippen LogP contribution is 2.36. The van der Waals surface area contributed by atoms with Crippen LogP contribution in [0.25, 0.3) is 0 Å². The lowest BCUT2D eigenvalue weighted by Crippen LogP contribution is -2.42. The quantitative estimate of drug-likeness (QED) is 0.607. The number of carbonyl (C=O) groups is 1. The fourth-order valence-corrected chi connectivity index (χ4v) is 2.80. The molecule has 2 rings (SSSR count). The largest absolute Gasteiger partial charge is 0.299 e. The number of nitrogens with zero attached hydrogens (tertiary/aromatic N) is 1. The Kier molecular flexibility index (Phi) is 3.75. The number of ketones is 1. The molecule has 1 aliphatic carbocycles. The number of hydrogen-bond donors (Lipinski definition) is 0. The van der Waals surface area contributed by atoms with Crippen molar-refractivity contribution in [3.8, 4) is 0 Å². The van der Waals surface area contributed by atoms with E-state index in [1.807, 2.05) is 30.3 Å². The van der Waals surface area contributed by atoms with Gasteiger partial charge in [-0.15, -0.1) is 0 Å². The minimum atomic E-state index is -0.775. The van der Waals surface area contributed by atoms with E-state index in [0.717, 1.165) is 18.4 Å². The zero-order valence-corrected chi connectivity index (χ0v) is 10.3. The first-order valence-corrected chi connectivity index (χ1v) is 6.31. The van der Waals surface area contributed by atoms with Gasteiger partial charge in [0.15, 0.2) is 0 Å². The molecule has 0 radical (unpaired) electrons. The summed E-state index contributed by atoms with van der Waals surface area (Å²) in [4.78, 5) is 22.7. The summed E-state index contributed by atoms with van der Waals surface area (Å²) >= 11 is 0. The van der Waals surface area contributed by atoms with Crippen molar-refractivity contribution in [2.45, 2.75) is 32.1 Å². The van der Waals surface area contributed by atoms with Crippen LogP contribution < -0.4 is 0 Å². The molecule has 1 aromatic carbocycles. The Balaban J connectivity index is 2.24. The summed E-state index contributed by atoms with van der Waals surface area (Å²) in [6.07, 6.45) is 3.40. The molecule has 0 heterocycles. The van der Waals surface area contributed by atoms with Crippen molar-refractivity contribution in [2.24, 2.45) is 5.41 Å². The maximum absolute atomic E-state index is 12.2. The molecule has 1 aliphatic rings. The van der Waals surface area contributed by atoms with E-state index in [1.54, 1.807) is 0 Å². The van der Waals surface area contributed by atoms with Gasteiger partial charge in [0.2, 0.25) is 6.54 Å². The summed E-state index contributed by atoms with van der Waals surface area (Å²) in [5, 5.41) is 10.9. The molecule has 4 heteroatoms. The van der Waals surface area contributed by atoms with E-state index in [4.69, 9.17) is 0 Å². The Morgan fingerprint density at radius 1 is 1.22 bits per heavy atom. The van der Waals surface area contributed by atoms with Gasteiger partial charge in [0.25, 0.3) is 0 Å². The molecule has 1 aromatic rings. The normalized spacial score (nSPS) is 23.9. The van der Waals surface area contributed by atoms with Crippen LogP contribution in [0, 0.1) is 15.5 Å². The summed E-state index contributed by atoms with van der Waals surface area (Å²) in [5.41, 5.74) is 0.234. The summed E-state index contributed by atoms with van der Waals surface area (Å²) in [5.74, 6) is 0.0642. The third kappa shape index (κ3) is 2.75. The molecule has 0 aliphatic heterocycles. The Labute approximate surface area is 106 Å². The van der Waals surface area contributed by atoms with Gasteiger partial charge in [0, 0.05) is 11.3 Å².